The van der Waals surface area contributed by atoms with Crippen molar-refractivity contribution in [2.45, 2.75) is 38.6 Å². The van der Waals surface area contributed by atoms with Gasteiger partial charge in [0.2, 0.25) is 0 Å². The third-order valence-corrected chi connectivity index (χ3v) is 6.81. The van der Waals surface area contributed by atoms with E-state index >= 15 is 0 Å². The molecule has 178 valence electrons. The molecule has 0 saturated carbocycles. The summed E-state index contributed by atoms with van der Waals surface area (Å²) in [6, 6.07) is 12.0. The first kappa shape index (κ1) is 23.1. The molecule has 35 heavy (non-hydrogen) atoms. The van der Waals surface area contributed by atoms with Gasteiger partial charge in [-0.15, -0.1) is 0 Å². The number of hydrogen-bond acceptors (Lipinski definition) is 6. The number of piperidine rings is 1. The van der Waals surface area contributed by atoms with Crippen LogP contribution in [-0.2, 0) is 6.42 Å². The molecule has 0 bridgehead atoms. The summed E-state index contributed by atoms with van der Waals surface area (Å²) < 4.78 is 2.11. The molecule has 1 saturated heterocycles. The molecule has 0 unspecified atom stereocenters. The number of carbonyl (C=O) groups is 2. The van der Waals surface area contributed by atoms with Gasteiger partial charge < -0.3 is 4.90 Å². The molecule has 0 radical (unpaired) electrons. The number of hydrogen-bond donors (Lipinski definition) is 0. The first-order valence-electron chi connectivity index (χ1n) is 12.1. The minimum Gasteiger partial charge on any atom is -0.306 e. The second-order valence-corrected chi connectivity index (χ2v) is 9.29. The Labute approximate surface area is 204 Å². The molecule has 7 heteroatoms. The van der Waals surface area contributed by atoms with Gasteiger partial charge in [0.1, 0.15) is 5.69 Å². The minimum absolute atomic E-state index is 0.0344. The van der Waals surface area contributed by atoms with E-state index in [1.807, 2.05) is 18.5 Å². The van der Waals surface area contributed by atoms with E-state index < -0.39 is 0 Å². The van der Waals surface area contributed by atoms with Gasteiger partial charge in [-0.05, 0) is 68.2 Å². The Morgan fingerprint density at radius 2 is 1.74 bits per heavy atom. The molecule has 4 aromatic rings. The number of likely N-dealkylation sites (tertiary alicyclic amines) is 1. The maximum Gasteiger partial charge on any atom is 0.180 e. The van der Waals surface area contributed by atoms with Crippen LogP contribution >= 0.6 is 0 Å². The maximum absolute atomic E-state index is 12.8. The lowest BCUT2D eigenvalue weighted by Crippen LogP contribution is -2.31. The van der Waals surface area contributed by atoms with Crippen molar-refractivity contribution in [2.24, 2.45) is 0 Å². The van der Waals surface area contributed by atoms with Crippen molar-refractivity contribution in [1.82, 2.24) is 24.6 Å². The topological polar surface area (TPSA) is 81.0 Å². The number of pyridine rings is 2. The third-order valence-electron chi connectivity index (χ3n) is 6.81. The highest BCUT2D eigenvalue weighted by atomic mass is 16.1. The van der Waals surface area contributed by atoms with E-state index in [1.165, 1.54) is 6.20 Å². The van der Waals surface area contributed by atoms with E-state index in [4.69, 9.17) is 0 Å². The van der Waals surface area contributed by atoms with Crippen molar-refractivity contribution in [3.63, 3.8) is 0 Å². The van der Waals surface area contributed by atoms with Crippen molar-refractivity contribution in [2.75, 3.05) is 20.1 Å². The van der Waals surface area contributed by atoms with Crippen LogP contribution in [0.2, 0.25) is 0 Å². The summed E-state index contributed by atoms with van der Waals surface area (Å²) in [4.78, 5) is 35.5. The van der Waals surface area contributed by atoms with Crippen molar-refractivity contribution in [3.8, 4) is 11.1 Å². The summed E-state index contributed by atoms with van der Waals surface area (Å²) in [5.41, 5.74) is 3.76. The van der Waals surface area contributed by atoms with Crippen LogP contribution in [0.1, 0.15) is 58.8 Å². The van der Waals surface area contributed by atoms with Crippen LogP contribution in [-0.4, -0.2) is 56.4 Å². The highest BCUT2D eigenvalue weighted by Crippen LogP contribution is 2.27. The highest BCUT2D eigenvalue weighted by molar-refractivity contribution is 5.99. The first-order chi connectivity index (χ1) is 17.0. The van der Waals surface area contributed by atoms with Gasteiger partial charge >= 0.3 is 0 Å². The minimum atomic E-state index is -0.0737. The molecular formula is C28H29N5O2. The summed E-state index contributed by atoms with van der Waals surface area (Å²) in [7, 11) is 2.17. The molecule has 1 aromatic carbocycles. The number of rotatable bonds is 7. The fourth-order valence-electron chi connectivity index (χ4n) is 4.58. The van der Waals surface area contributed by atoms with E-state index in [-0.39, 0.29) is 18.0 Å². The normalized spacial score (nSPS) is 14.9. The van der Waals surface area contributed by atoms with Crippen LogP contribution in [0.15, 0.2) is 61.2 Å². The second-order valence-electron chi connectivity index (χ2n) is 9.29. The molecular weight excluding hydrogens is 438 g/mol. The SMILES string of the molecule is CCC(=O)c1ccc(C(=O)Cc2cc3cc(-c4cnn(C5CCN(C)CC5)c4)ccc3cn2)cn1. The molecule has 5 rings (SSSR count). The first-order valence-corrected chi connectivity index (χ1v) is 12.1. The molecule has 4 heterocycles. The maximum atomic E-state index is 12.8. The summed E-state index contributed by atoms with van der Waals surface area (Å²) in [6.45, 7) is 3.99. The van der Waals surface area contributed by atoms with Gasteiger partial charge in [0.25, 0.3) is 0 Å². The zero-order valence-corrected chi connectivity index (χ0v) is 20.1. The standard InChI is InChI=1S/C28H29N5O2/c1-3-27(34)26-7-6-21(16-30-26)28(35)14-24-13-22-12-19(4-5-20(22)15-29-24)23-17-31-33(18-23)25-8-10-32(2)11-9-25/h4-7,12-13,15-18,25H,3,8-11,14H2,1-2H3. The molecule has 0 N–H and O–H groups in total. The van der Waals surface area contributed by atoms with Gasteiger partial charge in [0.15, 0.2) is 11.6 Å². The van der Waals surface area contributed by atoms with Crippen molar-refractivity contribution in [1.29, 1.82) is 0 Å². The predicted octanol–water partition coefficient (Wildman–Crippen LogP) is 4.78. The van der Waals surface area contributed by atoms with E-state index in [1.54, 1.807) is 19.1 Å². The third kappa shape index (κ3) is 5.05. The van der Waals surface area contributed by atoms with Crippen LogP contribution in [0.25, 0.3) is 21.9 Å². The van der Waals surface area contributed by atoms with Crippen LogP contribution in [0, 0.1) is 0 Å². The molecule has 0 atom stereocenters. The average molecular weight is 468 g/mol. The lowest BCUT2D eigenvalue weighted by Gasteiger charge is -2.28. The molecule has 0 amide bonds. The van der Waals surface area contributed by atoms with Gasteiger partial charge in [-0.1, -0.05) is 19.1 Å². The number of carbonyl (C=O) groups excluding carboxylic acids is 2. The Bertz CT molecular complexity index is 1370. The van der Waals surface area contributed by atoms with Crippen LogP contribution < -0.4 is 0 Å². The predicted molar refractivity (Wildman–Crippen MR) is 136 cm³/mol. The fraction of sp³-hybridized carbons (Fsp3) is 0.321. The Morgan fingerprint density at radius 1 is 0.914 bits per heavy atom. The Morgan fingerprint density at radius 3 is 2.49 bits per heavy atom. The van der Waals surface area contributed by atoms with Gasteiger partial charge in [-0.25, -0.2) is 0 Å². The van der Waals surface area contributed by atoms with E-state index in [0.717, 1.165) is 47.8 Å². The summed E-state index contributed by atoms with van der Waals surface area (Å²) in [5.74, 6) is -0.108. The largest absolute Gasteiger partial charge is 0.306 e. The van der Waals surface area contributed by atoms with Gasteiger partial charge in [-0.3, -0.25) is 24.2 Å². The highest BCUT2D eigenvalue weighted by Gasteiger charge is 2.19. The molecule has 1 fully saturated rings. The molecule has 3 aromatic heterocycles. The molecule has 1 aliphatic rings. The van der Waals surface area contributed by atoms with Crippen molar-refractivity contribution in [3.05, 3.63) is 78.1 Å². The zero-order valence-electron chi connectivity index (χ0n) is 20.1. The lowest BCUT2D eigenvalue weighted by atomic mass is 10.0. The number of nitrogens with zero attached hydrogens (tertiary/aromatic N) is 5. The zero-order chi connectivity index (χ0) is 24.4. The Balaban J connectivity index is 1.33. The molecule has 0 aliphatic carbocycles. The quantitative estimate of drug-likeness (QED) is 0.364. The molecule has 7 nitrogen and oxygen atoms in total. The number of ketones is 2. The second kappa shape index (κ2) is 9.88. The van der Waals surface area contributed by atoms with Gasteiger partial charge in [0.05, 0.1) is 18.7 Å². The Kier molecular flexibility index (Phi) is 6.51. The average Bonchev–Trinajstić information content (AvgIpc) is 3.38. The monoisotopic (exact) mass is 467 g/mol. The fourth-order valence-corrected chi connectivity index (χ4v) is 4.58. The number of aromatic nitrogens is 4. The van der Waals surface area contributed by atoms with E-state index in [9.17, 15) is 9.59 Å². The summed E-state index contributed by atoms with van der Waals surface area (Å²) in [6.07, 6.45) is 10.2. The lowest BCUT2D eigenvalue weighted by molar-refractivity contribution is 0.0974. The Hall–Kier alpha value is -3.71. The van der Waals surface area contributed by atoms with Gasteiger partial charge in [-0.2, -0.15) is 5.10 Å². The number of Topliss-reactive ketones (excluding diaryl/α,β-unsaturated/α-hetero) is 2. The smallest absolute Gasteiger partial charge is 0.180 e. The van der Waals surface area contributed by atoms with E-state index in [2.05, 4.69) is 56.1 Å². The summed E-state index contributed by atoms with van der Waals surface area (Å²) in [5, 5.41) is 6.71. The number of fused-ring (bicyclic) bond motifs is 1. The van der Waals surface area contributed by atoms with Crippen molar-refractivity contribution >= 4 is 22.3 Å². The van der Waals surface area contributed by atoms with Crippen LogP contribution in [0.4, 0.5) is 0 Å². The van der Waals surface area contributed by atoms with E-state index in [0.29, 0.717) is 29.4 Å². The summed E-state index contributed by atoms with van der Waals surface area (Å²) >= 11 is 0. The van der Waals surface area contributed by atoms with Crippen LogP contribution in [0.5, 0.6) is 0 Å². The van der Waals surface area contributed by atoms with Crippen LogP contribution in [0.3, 0.4) is 0 Å². The molecule has 0 spiro atoms. The van der Waals surface area contributed by atoms with Crippen molar-refractivity contribution < 1.29 is 9.59 Å². The molecule has 1 aliphatic heterocycles. The van der Waals surface area contributed by atoms with Gasteiger partial charge in [0, 0.05) is 47.2 Å². The number of benzene rings is 1.